The molecule has 0 amide bonds. The molecule has 1 fully saturated rings. The molecule has 7 heteroatoms. The van der Waals surface area contributed by atoms with E-state index in [9.17, 15) is 0 Å². The summed E-state index contributed by atoms with van der Waals surface area (Å²) in [5.41, 5.74) is 2.66. The summed E-state index contributed by atoms with van der Waals surface area (Å²) in [5.74, 6) is 0.858. The fourth-order valence-corrected chi connectivity index (χ4v) is 3.73. The molecule has 7 nitrogen and oxygen atoms in total. The number of nitrogens with one attached hydrogen (secondary N) is 2. The molecule has 138 valence electrons. The highest BCUT2D eigenvalue weighted by Gasteiger charge is 2.26. The molecule has 0 spiro atoms. The van der Waals surface area contributed by atoms with Crippen molar-refractivity contribution < 1.29 is 4.74 Å². The molecule has 4 heterocycles. The van der Waals surface area contributed by atoms with Crippen LogP contribution in [0.25, 0.3) is 22.3 Å². The van der Waals surface area contributed by atoms with Crippen molar-refractivity contribution in [3.8, 4) is 11.4 Å². The quantitative estimate of drug-likeness (QED) is 0.745. The summed E-state index contributed by atoms with van der Waals surface area (Å²) in [6.45, 7) is 8.48. The van der Waals surface area contributed by atoms with Crippen LogP contribution >= 0.6 is 0 Å². The summed E-state index contributed by atoms with van der Waals surface area (Å²) < 4.78 is 7.80. The van der Waals surface area contributed by atoms with E-state index >= 15 is 0 Å². The monoisotopic (exact) mass is 354 g/mol. The molecular formula is C19H26N6O. The maximum atomic E-state index is 5.85. The molecule has 1 aliphatic heterocycles. The Morgan fingerprint density at radius 3 is 2.69 bits per heavy atom. The van der Waals surface area contributed by atoms with E-state index in [1.807, 2.05) is 29.2 Å². The van der Waals surface area contributed by atoms with Crippen LogP contribution in [0.2, 0.25) is 0 Å². The third-order valence-electron chi connectivity index (χ3n) is 4.89. The van der Waals surface area contributed by atoms with E-state index < -0.39 is 0 Å². The van der Waals surface area contributed by atoms with Crippen molar-refractivity contribution in [2.24, 2.45) is 0 Å². The Morgan fingerprint density at radius 1 is 1.23 bits per heavy atom. The van der Waals surface area contributed by atoms with Crippen LogP contribution in [0.4, 0.5) is 5.82 Å². The fraction of sp³-hybridized carbons (Fsp3) is 0.526. The average molecular weight is 354 g/mol. The minimum Gasteiger partial charge on any atom is -0.375 e. The van der Waals surface area contributed by atoms with Gasteiger partial charge in [-0.3, -0.25) is 9.78 Å². The number of H-pyrrole nitrogens is 1. The molecule has 1 aliphatic rings. The van der Waals surface area contributed by atoms with E-state index in [1.165, 1.54) is 0 Å². The zero-order chi connectivity index (χ0) is 18.3. The first kappa shape index (κ1) is 17.0. The van der Waals surface area contributed by atoms with E-state index in [0.29, 0.717) is 12.1 Å². The number of fused-ring (bicyclic) bond motifs is 1. The Bertz CT molecular complexity index is 888. The summed E-state index contributed by atoms with van der Waals surface area (Å²) in [7, 11) is 0. The first-order valence-electron chi connectivity index (χ1n) is 9.32. The molecule has 4 rings (SSSR count). The molecule has 0 aliphatic carbocycles. The Kier molecular flexibility index (Phi) is 4.40. The summed E-state index contributed by atoms with van der Waals surface area (Å²) in [5, 5.41) is 16.9. The first-order chi connectivity index (χ1) is 12.5. The zero-order valence-electron chi connectivity index (χ0n) is 15.7. The van der Waals surface area contributed by atoms with Crippen molar-refractivity contribution in [1.29, 1.82) is 0 Å². The van der Waals surface area contributed by atoms with E-state index in [1.54, 1.807) is 0 Å². The van der Waals surface area contributed by atoms with Gasteiger partial charge in [-0.15, -0.1) is 0 Å². The molecule has 3 aromatic rings. The lowest BCUT2D eigenvalue weighted by atomic mass is 9.99. The number of anilines is 1. The van der Waals surface area contributed by atoms with Crippen LogP contribution in [0, 0.1) is 0 Å². The third kappa shape index (κ3) is 3.19. The summed E-state index contributed by atoms with van der Waals surface area (Å²) in [6.07, 6.45) is 6.24. The molecule has 26 heavy (non-hydrogen) atoms. The number of pyridine rings is 1. The molecule has 3 aromatic heterocycles. The number of ether oxygens (including phenoxy) is 1. The van der Waals surface area contributed by atoms with Crippen LogP contribution in [0.5, 0.6) is 0 Å². The van der Waals surface area contributed by atoms with Gasteiger partial charge in [-0.1, -0.05) is 0 Å². The second-order valence-electron chi connectivity index (χ2n) is 7.50. The lowest BCUT2D eigenvalue weighted by molar-refractivity contribution is -0.0338. The van der Waals surface area contributed by atoms with Crippen molar-refractivity contribution in [2.45, 2.75) is 64.8 Å². The van der Waals surface area contributed by atoms with Gasteiger partial charge in [-0.25, -0.2) is 4.98 Å². The first-order valence-corrected chi connectivity index (χ1v) is 9.32. The summed E-state index contributed by atoms with van der Waals surface area (Å²) >= 11 is 0. The zero-order valence-corrected chi connectivity index (χ0v) is 15.7. The van der Waals surface area contributed by atoms with E-state index in [-0.39, 0.29) is 12.2 Å². The lowest BCUT2D eigenvalue weighted by Crippen LogP contribution is -2.37. The highest BCUT2D eigenvalue weighted by Crippen LogP contribution is 2.32. The Morgan fingerprint density at radius 2 is 2.00 bits per heavy atom. The van der Waals surface area contributed by atoms with Crippen LogP contribution in [0.3, 0.4) is 0 Å². The Labute approximate surface area is 153 Å². The minimum atomic E-state index is 0.251. The van der Waals surface area contributed by atoms with Crippen molar-refractivity contribution in [3.63, 3.8) is 0 Å². The van der Waals surface area contributed by atoms with Gasteiger partial charge in [0.15, 0.2) is 0 Å². The standard InChI is InChI=1S/C19H26N6O/c1-11(2)25-8-6-16(24-25)18-17-15(22-23-18)5-7-20-19(17)21-14-9-12(3)26-13(4)10-14/h5-8,11-14H,9-10H2,1-4H3,(H,20,21)(H,22,23)/t12-,13+,14?. The molecule has 1 unspecified atom stereocenters. The number of hydrogen-bond acceptors (Lipinski definition) is 5. The number of aromatic amines is 1. The highest BCUT2D eigenvalue weighted by atomic mass is 16.5. The van der Waals surface area contributed by atoms with Gasteiger partial charge >= 0.3 is 0 Å². The number of nitrogens with zero attached hydrogens (tertiary/aromatic N) is 4. The predicted octanol–water partition coefficient (Wildman–Crippen LogP) is 3.77. The topological polar surface area (TPSA) is 80.7 Å². The largest absolute Gasteiger partial charge is 0.375 e. The van der Waals surface area contributed by atoms with Gasteiger partial charge in [-0.05, 0) is 52.7 Å². The number of hydrogen-bond donors (Lipinski definition) is 2. The van der Waals surface area contributed by atoms with Gasteiger partial charge in [0, 0.05) is 24.5 Å². The summed E-state index contributed by atoms with van der Waals surface area (Å²) in [4.78, 5) is 4.60. The maximum Gasteiger partial charge on any atom is 0.137 e. The van der Waals surface area contributed by atoms with E-state index in [2.05, 4.69) is 53.3 Å². The van der Waals surface area contributed by atoms with Crippen LogP contribution in [-0.4, -0.2) is 43.2 Å². The molecule has 0 aromatic carbocycles. The lowest BCUT2D eigenvalue weighted by Gasteiger charge is -2.32. The SMILES string of the molecule is CC(C)n1ccc(-c2n[nH]c3ccnc(NC4C[C@@H](C)O[C@@H](C)C4)c23)n1. The van der Waals surface area contributed by atoms with Gasteiger partial charge in [0.05, 0.1) is 23.1 Å². The smallest absolute Gasteiger partial charge is 0.137 e. The third-order valence-corrected chi connectivity index (χ3v) is 4.89. The second-order valence-corrected chi connectivity index (χ2v) is 7.50. The molecule has 0 saturated carbocycles. The van der Waals surface area contributed by atoms with Crippen molar-refractivity contribution >= 4 is 16.7 Å². The molecule has 1 saturated heterocycles. The van der Waals surface area contributed by atoms with E-state index in [4.69, 9.17) is 4.74 Å². The molecule has 3 atom stereocenters. The highest BCUT2D eigenvalue weighted by molar-refractivity contribution is 5.99. The molecule has 2 N–H and O–H groups in total. The van der Waals surface area contributed by atoms with E-state index in [0.717, 1.165) is 41.0 Å². The van der Waals surface area contributed by atoms with Gasteiger partial charge in [0.1, 0.15) is 17.2 Å². The normalized spacial score (nSPS) is 23.7. The number of rotatable bonds is 4. The van der Waals surface area contributed by atoms with Gasteiger partial charge in [0.2, 0.25) is 0 Å². The van der Waals surface area contributed by atoms with Crippen molar-refractivity contribution in [3.05, 3.63) is 24.5 Å². The van der Waals surface area contributed by atoms with Crippen molar-refractivity contribution in [1.82, 2.24) is 25.0 Å². The van der Waals surface area contributed by atoms with Gasteiger partial charge < -0.3 is 10.1 Å². The van der Waals surface area contributed by atoms with Crippen LogP contribution in [0.1, 0.15) is 46.6 Å². The van der Waals surface area contributed by atoms with Gasteiger partial charge in [-0.2, -0.15) is 10.2 Å². The van der Waals surface area contributed by atoms with Gasteiger partial charge in [0.25, 0.3) is 0 Å². The average Bonchev–Trinajstić information content (AvgIpc) is 3.21. The fourth-order valence-electron chi connectivity index (χ4n) is 3.73. The maximum absolute atomic E-state index is 5.85. The van der Waals surface area contributed by atoms with Crippen LogP contribution in [0.15, 0.2) is 24.5 Å². The van der Waals surface area contributed by atoms with Crippen LogP contribution in [-0.2, 0) is 4.74 Å². The van der Waals surface area contributed by atoms with Crippen LogP contribution < -0.4 is 5.32 Å². The predicted molar refractivity (Wildman–Crippen MR) is 102 cm³/mol. The molecule has 0 radical (unpaired) electrons. The minimum absolute atomic E-state index is 0.251. The Balaban J connectivity index is 1.70. The summed E-state index contributed by atoms with van der Waals surface area (Å²) in [6, 6.07) is 4.61. The molecule has 0 bridgehead atoms. The Hall–Kier alpha value is -2.41. The van der Waals surface area contributed by atoms with Crippen molar-refractivity contribution in [2.75, 3.05) is 5.32 Å². The molecular weight excluding hydrogens is 328 g/mol. The second kappa shape index (κ2) is 6.72. The number of aromatic nitrogens is 5.